The van der Waals surface area contributed by atoms with Crippen molar-refractivity contribution >= 4 is 23.6 Å². The first-order chi connectivity index (χ1) is 19.8. The lowest BCUT2D eigenvalue weighted by Crippen LogP contribution is -2.54. The maximum Gasteiger partial charge on any atom is 0.326 e. The second kappa shape index (κ2) is 12.6. The van der Waals surface area contributed by atoms with E-state index in [2.05, 4.69) is 30.5 Å². The summed E-state index contributed by atoms with van der Waals surface area (Å²) >= 11 is 0. The van der Waals surface area contributed by atoms with Crippen molar-refractivity contribution in [3.8, 4) is 0 Å². The summed E-state index contributed by atoms with van der Waals surface area (Å²) in [4.78, 5) is 30.7. The van der Waals surface area contributed by atoms with Gasteiger partial charge in [-0.05, 0) is 67.4 Å². The molecule has 10 heteroatoms. The SMILES string of the molecule is Cc1cc(C)nc(/N=C(/NC(=O)Nc2ccccc2)N2CCN(C(c3ccc(F)cc3)c3ccc(F)cc3)CC2)n1. The number of piperazine rings is 1. The molecule has 2 amide bonds. The number of carbonyl (C=O) groups excluding carboxylic acids is 1. The van der Waals surface area contributed by atoms with Crippen LogP contribution in [-0.4, -0.2) is 57.9 Å². The van der Waals surface area contributed by atoms with E-state index in [1.807, 2.05) is 43.0 Å². The maximum atomic E-state index is 13.7. The number of aliphatic imine (C=N–C) groups is 1. The van der Waals surface area contributed by atoms with Gasteiger partial charge >= 0.3 is 6.03 Å². The second-order valence-electron chi connectivity index (χ2n) is 9.86. The van der Waals surface area contributed by atoms with Crippen LogP contribution in [-0.2, 0) is 0 Å². The zero-order valence-electron chi connectivity index (χ0n) is 22.9. The summed E-state index contributed by atoms with van der Waals surface area (Å²) in [5.41, 5.74) is 4.01. The molecular formula is C31H31F2N7O. The summed E-state index contributed by atoms with van der Waals surface area (Å²) < 4.78 is 27.5. The monoisotopic (exact) mass is 555 g/mol. The average Bonchev–Trinajstić information content (AvgIpc) is 2.95. The Morgan fingerprint density at radius 3 is 1.88 bits per heavy atom. The van der Waals surface area contributed by atoms with Crippen LogP contribution in [0.1, 0.15) is 28.6 Å². The molecule has 210 valence electrons. The van der Waals surface area contributed by atoms with Crippen molar-refractivity contribution in [1.29, 1.82) is 0 Å². The smallest absolute Gasteiger partial charge is 0.326 e. The number of hydrogen-bond acceptors (Lipinski definition) is 5. The summed E-state index contributed by atoms with van der Waals surface area (Å²) in [7, 11) is 0. The van der Waals surface area contributed by atoms with Gasteiger partial charge in [-0.3, -0.25) is 10.2 Å². The van der Waals surface area contributed by atoms with Gasteiger partial charge in [0.15, 0.2) is 0 Å². The molecule has 1 saturated heterocycles. The molecule has 5 rings (SSSR count). The van der Waals surface area contributed by atoms with E-state index in [4.69, 9.17) is 0 Å². The van der Waals surface area contributed by atoms with Crippen molar-refractivity contribution < 1.29 is 13.6 Å². The number of amides is 2. The number of aromatic nitrogens is 2. The Hall–Kier alpha value is -4.70. The van der Waals surface area contributed by atoms with Crippen LogP contribution >= 0.6 is 0 Å². The summed E-state index contributed by atoms with van der Waals surface area (Å²) in [6.45, 7) is 6.02. The Morgan fingerprint density at radius 1 is 0.805 bits per heavy atom. The van der Waals surface area contributed by atoms with Crippen LogP contribution in [0.4, 0.5) is 25.2 Å². The number of carbonyl (C=O) groups is 1. The number of benzene rings is 3. The molecule has 3 aromatic carbocycles. The molecule has 0 aliphatic carbocycles. The number of guanidine groups is 1. The standard InChI is InChI=1S/C31H31F2N7O/c1-21-20-22(2)35-29(34-21)37-30(38-31(41)36-27-6-4-3-5-7-27)40-18-16-39(17-19-40)28(23-8-12-25(32)13-9-23)24-10-14-26(33)15-11-24/h3-15,20,28H,16-19H2,1-2H3,(H2,34,35,36,37,38,41). The van der Waals surface area contributed by atoms with E-state index in [9.17, 15) is 13.6 Å². The van der Waals surface area contributed by atoms with Crippen LogP contribution in [0.2, 0.25) is 0 Å². The zero-order chi connectivity index (χ0) is 28.8. The molecule has 1 aromatic heterocycles. The largest absolute Gasteiger partial charge is 0.340 e. The highest BCUT2D eigenvalue weighted by Gasteiger charge is 2.28. The number of halogens is 2. The van der Waals surface area contributed by atoms with Crippen molar-refractivity contribution in [2.24, 2.45) is 4.99 Å². The first-order valence-corrected chi connectivity index (χ1v) is 13.4. The summed E-state index contributed by atoms with van der Waals surface area (Å²) in [6, 6.07) is 23.2. The van der Waals surface area contributed by atoms with Gasteiger partial charge in [0.1, 0.15) is 11.6 Å². The Balaban J connectivity index is 1.38. The van der Waals surface area contributed by atoms with Gasteiger partial charge < -0.3 is 10.2 Å². The quantitative estimate of drug-likeness (QED) is 0.248. The fourth-order valence-electron chi connectivity index (χ4n) is 4.91. The lowest BCUT2D eigenvalue weighted by atomic mass is 9.96. The minimum Gasteiger partial charge on any atom is -0.340 e. The normalized spacial score (nSPS) is 14.3. The Bertz CT molecular complexity index is 1440. The Morgan fingerprint density at radius 2 is 1.34 bits per heavy atom. The molecule has 0 bridgehead atoms. The van der Waals surface area contributed by atoms with Crippen LogP contribution in [0.15, 0.2) is 89.9 Å². The lowest BCUT2D eigenvalue weighted by molar-refractivity contribution is 0.148. The number of hydrogen-bond donors (Lipinski definition) is 2. The van der Waals surface area contributed by atoms with Crippen LogP contribution in [0.25, 0.3) is 0 Å². The number of nitrogens with one attached hydrogen (secondary N) is 2. The molecule has 0 saturated carbocycles. The van der Waals surface area contributed by atoms with E-state index in [1.54, 1.807) is 36.4 Å². The maximum absolute atomic E-state index is 13.7. The first kappa shape index (κ1) is 27.9. The lowest BCUT2D eigenvalue weighted by Gasteiger charge is -2.40. The molecule has 1 aliphatic rings. The van der Waals surface area contributed by atoms with Gasteiger partial charge in [0.2, 0.25) is 5.96 Å². The molecule has 0 unspecified atom stereocenters. The molecular weight excluding hydrogens is 524 g/mol. The van der Waals surface area contributed by atoms with E-state index >= 15 is 0 Å². The highest BCUT2D eigenvalue weighted by Crippen LogP contribution is 2.30. The van der Waals surface area contributed by atoms with Crippen LogP contribution in [0.5, 0.6) is 0 Å². The van der Waals surface area contributed by atoms with Crippen molar-refractivity contribution in [2.45, 2.75) is 19.9 Å². The molecule has 0 radical (unpaired) electrons. The molecule has 1 fully saturated rings. The molecule has 8 nitrogen and oxygen atoms in total. The molecule has 2 heterocycles. The second-order valence-corrected chi connectivity index (χ2v) is 9.86. The molecule has 0 spiro atoms. The van der Waals surface area contributed by atoms with Crippen molar-refractivity contribution in [3.05, 3.63) is 119 Å². The van der Waals surface area contributed by atoms with Gasteiger partial charge in [-0.15, -0.1) is 0 Å². The molecule has 2 N–H and O–H groups in total. The van der Waals surface area contributed by atoms with Crippen molar-refractivity contribution in [2.75, 3.05) is 31.5 Å². The topological polar surface area (TPSA) is 85.7 Å². The highest BCUT2D eigenvalue weighted by molar-refractivity contribution is 6.02. The predicted molar refractivity (Wildman–Crippen MR) is 155 cm³/mol. The van der Waals surface area contributed by atoms with E-state index in [-0.39, 0.29) is 23.6 Å². The number of urea groups is 1. The summed E-state index contributed by atoms with van der Waals surface area (Å²) in [6.07, 6.45) is 0. The number of nitrogens with zero attached hydrogens (tertiary/aromatic N) is 5. The molecule has 0 atom stereocenters. The fraction of sp³-hybridized carbons (Fsp3) is 0.226. The first-order valence-electron chi connectivity index (χ1n) is 13.4. The van der Waals surface area contributed by atoms with Crippen LogP contribution in [0, 0.1) is 25.5 Å². The van der Waals surface area contributed by atoms with Gasteiger partial charge in [-0.25, -0.2) is 23.5 Å². The zero-order valence-corrected chi connectivity index (χ0v) is 22.9. The van der Waals surface area contributed by atoms with Gasteiger partial charge in [0.25, 0.3) is 5.95 Å². The number of rotatable bonds is 5. The van der Waals surface area contributed by atoms with Crippen LogP contribution < -0.4 is 10.6 Å². The minimum absolute atomic E-state index is 0.198. The van der Waals surface area contributed by atoms with Gasteiger partial charge in [0.05, 0.1) is 6.04 Å². The third kappa shape index (κ3) is 7.29. The van der Waals surface area contributed by atoms with E-state index in [1.165, 1.54) is 24.3 Å². The molecule has 1 aliphatic heterocycles. The van der Waals surface area contributed by atoms with Gasteiger partial charge in [0, 0.05) is 43.3 Å². The number of anilines is 1. The highest BCUT2D eigenvalue weighted by atomic mass is 19.1. The number of aryl methyl sites for hydroxylation is 2. The van der Waals surface area contributed by atoms with Gasteiger partial charge in [-0.2, -0.15) is 4.99 Å². The Labute approximate surface area is 237 Å². The van der Waals surface area contributed by atoms with Crippen molar-refractivity contribution in [1.82, 2.24) is 25.1 Å². The molecule has 4 aromatic rings. The third-order valence-corrected chi connectivity index (χ3v) is 6.78. The minimum atomic E-state index is -0.433. The summed E-state index contributed by atoms with van der Waals surface area (Å²) in [5, 5.41) is 5.72. The summed E-state index contributed by atoms with van der Waals surface area (Å²) in [5.74, 6) is -0.0323. The third-order valence-electron chi connectivity index (χ3n) is 6.78. The van der Waals surface area contributed by atoms with Crippen LogP contribution in [0.3, 0.4) is 0 Å². The van der Waals surface area contributed by atoms with Gasteiger partial charge in [-0.1, -0.05) is 42.5 Å². The predicted octanol–water partition coefficient (Wildman–Crippen LogP) is 5.59. The van der Waals surface area contributed by atoms with E-state index in [0.717, 1.165) is 22.5 Å². The Kier molecular flexibility index (Phi) is 8.59. The van der Waals surface area contributed by atoms with Crippen molar-refractivity contribution in [3.63, 3.8) is 0 Å². The molecule has 41 heavy (non-hydrogen) atoms. The van der Waals surface area contributed by atoms with E-state index < -0.39 is 6.03 Å². The number of para-hydroxylation sites is 1. The fourth-order valence-corrected chi connectivity index (χ4v) is 4.91. The van der Waals surface area contributed by atoms with E-state index in [0.29, 0.717) is 37.8 Å². The average molecular weight is 556 g/mol.